The van der Waals surface area contributed by atoms with Crippen molar-refractivity contribution in [2.24, 2.45) is 0 Å². The summed E-state index contributed by atoms with van der Waals surface area (Å²) in [5, 5.41) is 12.5. The van der Waals surface area contributed by atoms with Crippen LogP contribution in [-0.4, -0.2) is 21.6 Å². The first kappa shape index (κ1) is 14.2. The molecule has 0 aliphatic rings. The van der Waals surface area contributed by atoms with Gasteiger partial charge >= 0.3 is 0 Å². The Morgan fingerprint density at radius 2 is 2.20 bits per heavy atom. The van der Waals surface area contributed by atoms with Gasteiger partial charge in [-0.2, -0.15) is 0 Å². The van der Waals surface area contributed by atoms with Gasteiger partial charge < -0.3 is 10.4 Å². The summed E-state index contributed by atoms with van der Waals surface area (Å²) in [5.74, 6) is 0.293. The number of hydrogen-bond acceptors (Lipinski definition) is 3. The van der Waals surface area contributed by atoms with E-state index in [4.69, 9.17) is 12.2 Å². The van der Waals surface area contributed by atoms with Crippen molar-refractivity contribution in [2.75, 3.05) is 6.54 Å². The molecule has 0 unspecified atom stereocenters. The summed E-state index contributed by atoms with van der Waals surface area (Å²) in [4.78, 5) is 4.72. The maximum Gasteiger partial charge on any atom is 0.115 e. The lowest BCUT2D eigenvalue weighted by Crippen LogP contribution is -2.21. The van der Waals surface area contributed by atoms with Crippen LogP contribution in [0.2, 0.25) is 0 Å². The number of nitrogens with one attached hydrogen (secondary N) is 1. The van der Waals surface area contributed by atoms with Crippen LogP contribution in [0.4, 0.5) is 0 Å². The largest absolute Gasteiger partial charge is 0.508 e. The number of thiocarbonyl (C=S) groups is 1. The van der Waals surface area contributed by atoms with Crippen molar-refractivity contribution in [3.8, 4) is 5.75 Å². The van der Waals surface area contributed by atoms with Gasteiger partial charge in [-0.05, 0) is 41.8 Å². The minimum Gasteiger partial charge on any atom is -0.508 e. The number of hydrogen-bond donors (Lipinski definition) is 2. The number of rotatable bonds is 5. The number of phenolic OH excluding ortho intramolecular Hbond substituents is 1. The Morgan fingerprint density at radius 3 is 2.95 bits per heavy atom. The predicted molar refractivity (Wildman–Crippen MR) is 85.7 cm³/mol. The van der Waals surface area contributed by atoms with Gasteiger partial charge in [-0.15, -0.1) is 0 Å². The van der Waals surface area contributed by atoms with Crippen molar-refractivity contribution in [2.45, 2.75) is 6.42 Å². The molecule has 3 nitrogen and oxygen atoms in total. The first-order chi connectivity index (χ1) is 9.74. The second-order valence-corrected chi connectivity index (χ2v) is 4.77. The standard InChI is InChI=1S/C16H16N2OS/c19-15-5-1-3-13(11-15)8-10-18-16(20)7-6-14-4-2-9-17-12-14/h1-7,9,11-12,19H,8,10H2,(H,18,20)/b7-6+. The molecule has 1 aromatic carbocycles. The lowest BCUT2D eigenvalue weighted by Gasteiger charge is -2.05. The number of aromatic hydroxyl groups is 1. The molecule has 4 heteroatoms. The van der Waals surface area contributed by atoms with Crippen molar-refractivity contribution in [3.05, 3.63) is 66.0 Å². The fraction of sp³-hybridized carbons (Fsp3) is 0.125. The molecule has 0 amide bonds. The molecular formula is C16H16N2OS. The molecular weight excluding hydrogens is 268 g/mol. The van der Waals surface area contributed by atoms with Gasteiger partial charge in [-0.25, -0.2) is 0 Å². The third-order valence-electron chi connectivity index (χ3n) is 2.74. The molecule has 2 rings (SSSR count). The minimum atomic E-state index is 0.293. The minimum absolute atomic E-state index is 0.293. The van der Waals surface area contributed by atoms with E-state index in [-0.39, 0.29) is 0 Å². The average molecular weight is 284 g/mol. The smallest absolute Gasteiger partial charge is 0.115 e. The van der Waals surface area contributed by atoms with E-state index in [1.54, 1.807) is 24.5 Å². The summed E-state index contributed by atoms with van der Waals surface area (Å²) in [7, 11) is 0. The molecule has 0 saturated carbocycles. The summed E-state index contributed by atoms with van der Waals surface area (Å²) in [6.45, 7) is 0.736. The molecule has 0 spiro atoms. The third-order valence-corrected chi connectivity index (χ3v) is 3.02. The van der Waals surface area contributed by atoms with E-state index in [1.165, 1.54) is 0 Å². The van der Waals surface area contributed by atoms with Gasteiger partial charge in [0.2, 0.25) is 0 Å². The highest BCUT2D eigenvalue weighted by Crippen LogP contribution is 2.10. The highest BCUT2D eigenvalue weighted by atomic mass is 32.1. The van der Waals surface area contributed by atoms with Crippen LogP contribution in [0.1, 0.15) is 11.1 Å². The van der Waals surface area contributed by atoms with Gasteiger partial charge in [0, 0.05) is 18.9 Å². The maximum absolute atomic E-state index is 9.37. The Hall–Kier alpha value is -2.20. The van der Waals surface area contributed by atoms with Gasteiger partial charge in [0.05, 0.1) is 4.99 Å². The molecule has 2 N–H and O–H groups in total. The first-order valence-corrected chi connectivity index (χ1v) is 6.79. The number of phenols is 1. The summed E-state index contributed by atoms with van der Waals surface area (Å²) in [6.07, 6.45) is 8.12. The molecule has 1 heterocycles. The summed E-state index contributed by atoms with van der Waals surface area (Å²) < 4.78 is 0. The van der Waals surface area contributed by atoms with Crippen molar-refractivity contribution >= 4 is 23.3 Å². The van der Waals surface area contributed by atoms with E-state index in [2.05, 4.69) is 10.3 Å². The van der Waals surface area contributed by atoms with E-state index >= 15 is 0 Å². The zero-order valence-corrected chi connectivity index (χ0v) is 11.8. The Balaban J connectivity index is 1.77. The van der Waals surface area contributed by atoms with Crippen molar-refractivity contribution in [1.82, 2.24) is 10.3 Å². The molecule has 20 heavy (non-hydrogen) atoms. The molecule has 0 radical (unpaired) electrons. The average Bonchev–Trinajstić information content (AvgIpc) is 2.46. The van der Waals surface area contributed by atoms with Crippen LogP contribution in [0.3, 0.4) is 0 Å². The Bertz CT molecular complexity index is 596. The zero-order valence-electron chi connectivity index (χ0n) is 11.0. The monoisotopic (exact) mass is 284 g/mol. The van der Waals surface area contributed by atoms with Crippen LogP contribution < -0.4 is 5.32 Å². The molecule has 1 aromatic heterocycles. The van der Waals surface area contributed by atoms with Crippen LogP contribution in [-0.2, 0) is 6.42 Å². The Morgan fingerprint density at radius 1 is 1.30 bits per heavy atom. The Kier molecular flexibility index (Phi) is 5.26. The second-order valence-electron chi connectivity index (χ2n) is 4.33. The maximum atomic E-state index is 9.37. The van der Waals surface area contributed by atoms with E-state index in [1.807, 2.05) is 36.4 Å². The summed E-state index contributed by atoms with van der Waals surface area (Å²) >= 11 is 5.23. The molecule has 0 aliphatic carbocycles. The SMILES string of the molecule is Oc1cccc(CCNC(=S)/C=C/c2cccnc2)c1. The highest BCUT2D eigenvalue weighted by molar-refractivity contribution is 7.80. The summed E-state index contributed by atoms with van der Waals surface area (Å²) in [5.41, 5.74) is 2.10. The fourth-order valence-electron chi connectivity index (χ4n) is 1.75. The fourth-order valence-corrected chi connectivity index (χ4v) is 1.92. The number of benzene rings is 1. The topological polar surface area (TPSA) is 45.1 Å². The molecule has 0 atom stereocenters. The van der Waals surface area contributed by atoms with E-state index < -0.39 is 0 Å². The molecule has 0 fully saturated rings. The van der Waals surface area contributed by atoms with Gasteiger partial charge in [0.1, 0.15) is 5.75 Å². The predicted octanol–water partition coefficient (Wildman–Crippen LogP) is 2.96. The van der Waals surface area contributed by atoms with Gasteiger partial charge in [-0.3, -0.25) is 4.98 Å². The molecule has 2 aromatic rings. The van der Waals surface area contributed by atoms with Crippen molar-refractivity contribution in [3.63, 3.8) is 0 Å². The molecule has 102 valence electrons. The number of aromatic nitrogens is 1. The van der Waals surface area contributed by atoms with E-state index in [9.17, 15) is 5.11 Å². The van der Waals surface area contributed by atoms with Crippen molar-refractivity contribution < 1.29 is 5.11 Å². The van der Waals surface area contributed by atoms with E-state index in [0.29, 0.717) is 10.7 Å². The number of nitrogens with zero attached hydrogens (tertiary/aromatic N) is 1. The van der Waals surface area contributed by atoms with Crippen LogP contribution in [0.25, 0.3) is 6.08 Å². The van der Waals surface area contributed by atoms with Crippen LogP contribution >= 0.6 is 12.2 Å². The number of pyridine rings is 1. The molecule has 0 saturated heterocycles. The summed E-state index contributed by atoms with van der Waals surface area (Å²) in [6, 6.07) is 11.1. The van der Waals surface area contributed by atoms with Gasteiger partial charge in [-0.1, -0.05) is 36.5 Å². The third kappa shape index (κ3) is 4.82. The molecule has 0 aliphatic heterocycles. The normalized spacial score (nSPS) is 10.6. The lowest BCUT2D eigenvalue weighted by atomic mass is 10.1. The van der Waals surface area contributed by atoms with Crippen LogP contribution in [0.15, 0.2) is 54.9 Å². The zero-order chi connectivity index (χ0) is 14.2. The van der Waals surface area contributed by atoms with Crippen LogP contribution in [0.5, 0.6) is 5.75 Å². The van der Waals surface area contributed by atoms with Crippen molar-refractivity contribution in [1.29, 1.82) is 0 Å². The quantitative estimate of drug-likeness (QED) is 0.654. The van der Waals surface area contributed by atoms with Gasteiger partial charge in [0.15, 0.2) is 0 Å². The van der Waals surface area contributed by atoms with E-state index in [0.717, 1.165) is 24.1 Å². The van der Waals surface area contributed by atoms with Crippen LogP contribution in [0, 0.1) is 0 Å². The molecule has 0 bridgehead atoms. The first-order valence-electron chi connectivity index (χ1n) is 6.38. The van der Waals surface area contributed by atoms with Gasteiger partial charge in [0.25, 0.3) is 0 Å². The Labute approximate surface area is 124 Å². The lowest BCUT2D eigenvalue weighted by molar-refractivity contribution is 0.474. The highest BCUT2D eigenvalue weighted by Gasteiger charge is 1.95. The second kappa shape index (κ2) is 7.40.